The third kappa shape index (κ3) is 3.72. The Morgan fingerprint density at radius 2 is 2.03 bits per heavy atom. The van der Waals surface area contributed by atoms with E-state index in [0.29, 0.717) is 23.6 Å². The van der Waals surface area contributed by atoms with Gasteiger partial charge < -0.3 is 19.7 Å². The van der Waals surface area contributed by atoms with E-state index in [2.05, 4.69) is 34.1 Å². The van der Waals surface area contributed by atoms with Gasteiger partial charge in [-0.3, -0.25) is 0 Å². The van der Waals surface area contributed by atoms with Crippen molar-refractivity contribution < 1.29 is 14.2 Å². The number of aromatic nitrogens is 4. The van der Waals surface area contributed by atoms with E-state index in [1.165, 1.54) is 6.20 Å². The number of phenolic OH excluding ortho intramolecular Hbond substituents is 1. The highest BCUT2D eigenvalue weighted by molar-refractivity contribution is 5.68. The molecule has 5 rings (SSSR count). The molecule has 0 saturated carbocycles. The maximum Gasteiger partial charge on any atom is 0.232 e. The van der Waals surface area contributed by atoms with Crippen molar-refractivity contribution in [3.8, 4) is 28.6 Å². The van der Waals surface area contributed by atoms with Crippen LogP contribution in [0.2, 0.25) is 0 Å². The molecule has 2 aliphatic rings. The van der Waals surface area contributed by atoms with Gasteiger partial charge in [-0.2, -0.15) is 0 Å². The van der Waals surface area contributed by atoms with Crippen molar-refractivity contribution in [1.82, 2.24) is 24.8 Å². The summed E-state index contributed by atoms with van der Waals surface area (Å²) < 4.78 is 23.2. The van der Waals surface area contributed by atoms with Gasteiger partial charge in [0.25, 0.3) is 0 Å². The van der Waals surface area contributed by atoms with Gasteiger partial charge in [0.05, 0.1) is 35.6 Å². The quantitative estimate of drug-likeness (QED) is 0.640. The Kier molecular flexibility index (Phi) is 4.93. The van der Waals surface area contributed by atoms with E-state index in [9.17, 15) is 5.11 Å². The number of ether oxygens (including phenoxy) is 1. The lowest BCUT2D eigenvalue weighted by Gasteiger charge is -2.56. The van der Waals surface area contributed by atoms with Crippen LogP contribution in [0.25, 0.3) is 16.9 Å². The van der Waals surface area contributed by atoms with Crippen LogP contribution in [0.1, 0.15) is 40.0 Å². The van der Waals surface area contributed by atoms with E-state index < -0.39 is 17.8 Å². The number of imidazole rings is 1. The highest BCUT2D eigenvalue weighted by atomic mass is 19.1. The maximum atomic E-state index is 15.4. The summed E-state index contributed by atoms with van der Waals surface area (Å²) in [5.74, 6) is 0.845. The normalized spacial score (nSPS) is 31.9. The Labute approximate surface area is 186 Å². The molecule has 2 aliphatic heterocycles. The predicted octanol–water partition coefficient (Wildman–Crippen LogP) is 4.06. The van der Waals surface area contributed by atoms with Crippen molar-refractivity contribution >= 4 is 0 Å². The van der Waals surface area contributed by atoms with Crippen LogP contribution in [0, 0.1) is 5.92 Å². The number of aromatic hydroxyl groups is 1. The summed E-state index contributed by atoms with van der Waals surface area (Å²) in [6.45, 7) is 6.28. The molecular weight excluding hydrogens is 409 g/mol. The molecule has 0 unspecified atom stereocenters. The topological polar surface area (TPSA) is 85.1 Å². The van der Waals surface area contributed by atoms with Crippen LogP contribution in [-0.2, 0) is 0 Å². The number of nitrogens with zero attached hydrogens (tertiary/aromatic N) is 4. The second kappa shape index (κ2) is 7.55. The van der Waals surface area contributed by atoms with Crippen LogP contribution in [-0.4, -0.2) is 48.0 Å². The molecule has 168 valence electrons. The minimum absolute atomic E-state index is 0.0872. The second-order valence-corrected chi connectivity index (χ2v) is 9.79. The first-order valence-electron chi connectivity index (χ1n) is 11.0. The number of fused-ring (bicyclic) bond motifs is 2. The highest BCUT2D eigenvalue weighted by Crippen LogP contribution is 2.44. The molecule has 4 heterocycles. The molecule has 8 heteroatoms. The van der Waals surface area contributed by atoms with Gasteiger partial charge in [-0.1, -0.05) is 6.92 Å². The largest absolute Gasteiger partial charge is 0.507 e. The van der Waals surface area contributed by atoms with Gasteiger partial charge in [0.2, 0.25) is 5.88 Å². The van der Waals surface area contributed by atoms with Gasteiger partial charge in [0, 0.05) is 36.0 Å². The SMILES string of the molecule is C[C@@H]1C[C@@]2(C)C[C@H](Oc3cnc(-c4ccc(-n5ccnc5)cc4O)cn3)[C@@H](F)[C@@](C)(C1)N2. The Hall–Kier alpha value is -3.00. The standard InChI is InChI=1S/C24H28FN5O2/c1-15-9-23(2)11-20(22(25)24(3,10-15)29-23)32-21-13-27-18(12-28-21)17-5-4-16(8-19(17)31)30-7-6-26-14-30/h4-8,12-15,20,22,29,31H,9-11H2,1-3H3/t15-,20+,22-,23+,24-/m1/s1. The molecule has 5 atom stereocenters. The Bertz CT molecular complexity index is 1110. The Balaban J connectivity index is 1.33. The number of rotatable bonds is 4. The fourth-order valence-corrected chi connectivity index (χ4v) is 5.71. The first-order valence-corrected chi connectivity index (χ1v) is 11.0. The van der Waals surface area contributed by atoms with Crippen LogP contribution < -0.4 is 10.1 Å². The number of piperidine rings is 2. The third-order valence-corrected chi connectivity index (χ3v) is 6.71. The summed E-state index contributed by atoms with van der Waals surface area (Å²) in [5, 5.41) is 14.0. The van der Waals surface area contributed by atoms with Crippen LogP contribution in [0.3, 0.4) is 0 Å². The number of phenols is 1. The molecule has 2 bridgehead atoms. The van der Waals surface area contributed by atoms with Crippen molar-refractivity contribution in [3.05, 3.63) is 49.3 Å². The van der Waals surface area contributed by atoms with Gasteiger partial charge in [-0.15, -0.1) is 0 Å². The molecule has 2 fully saturated rings. The summed E-state index contributed by atoms with van der Waals surface area (Å²) in [7, 11) is 0. The van der Waals surface area contributed by atoms with E-state index in [4.69, 9.17) is 4.74 Å². The van der Waals surface area contributed by atoms with Crippen LogP contribution >= 0.6 is 0 Å². The zero-order chi connectivity index (χ0) is 22.5. The van der Waals surface area contributed by atoms with Crippen molar-refractivity contribution in [2.24, 2.45) is 5.92 Å². The van der Waals surface area contributed by atoms with Crippen molar-refractivity contribution in [1.29, 1.82) is 0 Å². The first kappa shape index (κ1) is 20.9. The number of alkyl halides is 1. The lowest BCUT2D eigenvalue weighted by molar-refractivity contribution is -0.0748. The van der Waals surface area contributed by atoms with Gasteiger partial charge in [0.1, 0.15) is 11.9 Å². The molecule has 0 amide bonds. The Morgan fingerprint density at radius 1 is 1.19 bits per heavy atom. The molecule has 0 aliphatic carbocycles. The molecule has 2 aromatic heterocycles. The maximum absolute atomic E-state index is 15.4. The van der Waals surface area contributed by atoms with E-state index in [1.807, 2.05) is 13.0 Å². The van der Waals surface area contributed by atoms with E-state index >= 15 is 4.39 Å². The number of benzene rings is 1. The summed E-state index contributed by atoms with van der Waals surface area (Å²) in [4.78, 5) is 12.8. The molecular formula is C24H28FN5O2. The number of halogens is 1. The van der Waals surface area contributed by atoms with Gasteiger partial charge >= 0.3 is 0 Å². The summed E-state index contributed by atoms with van der Waals surface area (Å²) >= 11 is 0. The monoisotopic (exact) mass is 437 g/mol. The smallest absolute Gasteiger partial charge is 0.232 e. The lowest BCUT2D eigenvalue weighted by Crippen LogP contribution is -2.72. The van der Waals surface area contributed by atoms with Gasteiger partial charge in [0.15, 0.2) is 6.17 Å². The molecule has 7 nitrogen and oxygen atoms in total. The third-order valence-electron chi connectivity index (χ3n) is 6.71. The molecule has 3 aromatic rings. The van der Waals surface area contributed by atoms with Crippen LogP contribution in [0.4, 0.5) is 4.39 Å². The lowest BCUT2D eigenvalue weighted by atomic mass is 9.65. The van der Waals surface area contributed by atoms with E-state index in [0.717, 1.165) is 18.5 Å². The average molecular weight is 438 g/mol. The zero-order valence-corrected chi connectivity index (χ0v) is 18.5. The van der Waals surface area contributed by atoms with Gasteiger partial charge in [-0.05, 0) is 44.7 Å². The van der Waals surface area contributed by atoms with E-state index in [1.54, 1.807) is 41.6 Å². The first-order chi connectivity index (χ1) is 15.2. The highest BCUT2D eigenvalue weighted by Gasteiger charge is 2.55. The predicted molar refractivity (Wildman–Crippen MR) is 119 cm³/mol. The van der Waals surface area contributed by atoms with Crippen molar-refractivity contribution in [2.45, 2.75) is 63.4 Å². The number of hydrogen-bond acceptors (Lipinski definition) is 6. The van der Waals surface area contributed by atoms with Gasteiger partial charge in [-0.25, -0.2) is 19.3 Å². The molecule has 2 saturated heterocycles. The second-order valence-electron chi connectivity index (χ2n) is 9.79. The van der Waals surface area contributed by atoms with E-state index in [-0.39, 0.29) is 17.2 Å². The number of hydrogen-bond donors (Lipinski definition) is 2. The molecule has 1 aromatic carbocycles. The Morgan fingerprint density at radius 3 is 2.72 bits per heavy atom. The minimum Gasteiger partial charge on any atom is -0.507 e. The number of nitrogens with one attached hydrogen (secondary N) is 1. The molecule has 0 spiro atoms. The zero-order valence-electron chi connectivity index (χ0n) is 18.5. The summed E-state index contributed by atoms with van der Waals surface area (Å²) in [6.07, 6.45) is 8.81. The van der Waals surface area contributed by atoms with Crippen molar-refractivity contribution in [3.63, 3.8) is 0 Å². The van der Waals surface area contributed by atoms with Crippen LogP contribution in [0.15, 0.2) is 49.3 Å². The average Bonchev–Trinajstić information content (AvgIpc) is 3.26. The molecule has 2 N–H and O–H groups in total. The fourth-order valence-electron chi connectivity index (χ4n) is 5.71. The summed E-state index contributed by atoms with van der Waals surface area (Å²) in [6, 6.07) is 5.29. The fraction of sp³-hybridized carbons (Fsp3) is 0.458. The molecule has 0 radical (unpaired) electrons. The van der Waals surface area contributed by atoms with Crippen molar-refractivity contribution in [2.75, 3.05) is 0 Å². The summed E-state index contributed by atoms with van der Waals surface area (Å²) in [5.41, 5.74) is 1.10. The van der Waals surface area contributed by atoms with Crippen LogP contribution in [0.5, 0.6) is 11.6 Å². The minimum atomic E-state index is -1.14. The molecule has 32 heavy (non-hydrogen) atoms.